The van der Waals surface area contributed by atoms with Gasteiger partial charge in [0.25, 0.3) is 0 Å². The number of carbonyl (C=O) groups excluding carboxylic acids is 1. The minimum atomic E-state index is -4.73. The monoisotopic (exact) mass is 288 g/mol. The van der Waals surface area contributed by atoms with E-state index in [0.29, 0.717) is 18.4 Å². The fourth-order valence-corrected chi connectivity index (χ4v) is 1.78. The lowest BCUT2D eigenvalue weighted by Gasteiger charge is -2.14. The van der Waals surface area contributed by atoms with Gasteiger partial charge in [-0.05, 0) is 30.9 Å². The molecule has 4 nitrogen and oxygen atoms in total. The van der Waals surface area contributed by atoms with Gasteiger partial charge in [-0.3, -0.25) is 4.79 Å². The molecular weight excluding hydrogens is 273 g/mol. The van der Waals surface area contributed by atoms with Crippen molar-refractivity contribution >= 4 is 5.91 Å². The van der Waals surface area contributed by atoms with E-state index < -0.39 is 11.9 Å². The summed E-state index contributed by atoms with van der Waals surface area (Å²) in [4.78, 5) is 11.6. The summed E-state index contributed by atoms with van der Waals surface area (Å²) < 4.78 is 40.6. The van der Waals surface area contributed by atoms with Crippen LogP contribution in [0.25, 0.3) is 0 Å². The first-order valence-electron chi connectivity index (χ1n) is 6.21. The average molecular weight is 288 g/mol. The third kappa shape index (κ3) is 3.86. The third-order valence-electron chi connectivity index (χ3n) is 3.12. The number of para-hydroxylation sites is 1. The fraction of sp³-hybridized carbons (Fsp3) is 0.462. The molecule has 0 saturated heterocycles. The molecular formula is C13H15F3N2O2. The Morgan fingerprint density at radius 2 is 2.00 bits per heavy atom. The highest BCUT2D eigenvalue weighted by Gasteiger charge is 2.45. The maximum atomic E-state index is 12.2. The Labute approximate surface area is 114 Å². The first-order valence-corrected chi connectivity index (χ1v) is 6.21. The lowest BCUT2D eigenvalue weighted by Crippen LogP contribution is -2.43. The first-order chi connectivity index (χ1) is 9.30. The van der Waals surface area contributed by atoms with E-state index in [2.05, 4.69) is 10.1 Å². The standard InChI is InChI=1S/C13H15F3N2O2/c14-13(15,16)20-10-4-2-1-3-9(10)5-8-18-11(19)12(17)6-7-12/h1-4H,5-8,17H2,(H,18,19). The molecule has 0 spiro atoms. The number of alkyl halides is 3. The first kappa shape index (κ1) is 14.6. The van der Waals surface area contributed by atoms with Gasteiger partial charge in [-0.2, -0.15) is 0 Å². The van der Waals surface area contributed by atoms with Crippen LogP contribution >= 0.6 is 0 Å². The molecule has 1 saturated carbocycles. The SMILES string of the molecule is NC1(C(=O)NCCc2ccccc2OC(F)(F)F)CC1. The summed E-state index contributed by atoms with van der Waals surface area (Å²) in [5, 5.41) is 2.62. The highest BCUT2D eigenvalue weighted by Crippen LogP contribution is 2.32. The van der Waals surface area contributed by atoms with E-state index in [0.717, 1.165) is 0 Å². The quantitative estimate of drug-likeness (QED) is 0.867. The number of amides is 1. The predicted octanol–water partition coefficient (Wildman–Crippen LogP) is 1.74. The van der Waals surface area contributed by atoms with E-state index in [1.807, 2.05) is 0 Å². The minimum Gasteiger partial charge on any atom is -0.406 e. The Morgan fingerprint density at radius 1 is 1.35 bits per heavy atom. The largest absolute Gasteiger partial charge is 0.573 e. The summed E-state index contributed by atoms with van der Waals surface area (Å²) in [6.07, 6.45) is -3.19. The van der Waals surface area contributed by atoms with Crippen LogP contribution in [-0.4, -0.2) is 24.4 Å². The molecule has 3 N–H and O–H groups in total. The van der Waals surface area contributed by atoms with Crippen LogP contribution in [0.2, 0.25) is 0 Å². The van der Waals surface area contributed by atoms with Gasteiger partial charge < -0.3 is 15.8 Å². The van der Waals surface area contributed by atoms with Crippen LogP contribution in [0.3, 0.4) is 0 Å². The molecule has 0 bridgehead atoms. The molecule has 2 rings (SSSR count). The second kappa shape index (κ2) is 5.32. The van der Waals surface area contributed by atoms with E-state index in [9.17, 15) is 18.0 Å². The number of hydrogen-bond donors (Lipinski definition) is 2. The van der Waals surface area contributed by atoms with Gasteiger partial charge in [-0.15, -0.1) is 13.2 Å². The van der Waals surface area contributed by atoms with Crippen molar-refractivity contribution in [3.05, 3.63) is 29.8 Å². The van der Waals surface area contributed by atoms with Gasteiger partial charge in [-0.25, -0.2) is 0 Å². The fourth-order valence-electron chi connectivity index (χ4n) is 1.78. The zero-order valence-electron chi connectivity index (χ0n) is 10.7. The van der Waals surface area contributed by atoms with E-state index in [-0.39, 0.29) is 24.6 Å². The van der Waals surface area contributed by atoms with Gasteiger partial charge >= 0.3 is 6.36 Å². The number of carbonyl (C=O) groups is 1. The zero-order chi connectivity index (χ0) is 14.8. The van der Waals surface area contributed by atoms with E-state index in [4.69, 9.17) is 5.73 Å². The lowest BCUT2D eigenvalue weighted by molar-refractivity contribution is -0.274. The van der Waals surface area contributed by atoms with Crippen molar-refractivity contribution in [2.75, 3.05) is 6.54 Å². The summed E-state index contributed by atoms with van der Waals surface area (Å²) in [6.45, 7) is 0.218. The molecule has 1 fully saturated rings. The molecule has 1 aliphatic rings. The van der Waals surface area contributed by atoms with Gasteiger partial charge in [-0.1, -0.05) is 18.2 Å². The minimum absolute atomic E-state index is 0.218. The molecule has 1 aromatic rings. The molecule has 0 aromatic heterocycles. The summed E-state index contributed by atoms with van der Waals surface area (Å²) in [5.41, 5.74) is 5.30. The van der Waals surface area contributed by atoms with Crippen LogP contribution in [0.5, 0.6) is 5.75 Å². The number of benzene rings is 1. The van der Waals surface area contributed by atoms with Crippen LogP contribution in [0, 0.1) is 0 Å². The molecule has 0 radical (unpaired) electrons. The number of hydrogen-bond acceptors (Lipinski definition) is 3. The summed E-state index contributed by atoms with van der Waals surface area (Å²) in [7, 11) is 0. The van der Waals surface area contributed by atoms with Gasteiger partial charge in [0.1, 0.15) is 5.75 Å². The second-order valence-corrected chi connectivity index (χ2v) is 4.82. The van der Waals surface area contributed by atoms with Crippen LogP contribution in [0.15, 0.2) is 24.3 Å². The Bertz CT molecular complexity index is 499. The molecule has 1 aliphatic carbocycles. The van der Waals surface area contributed by atoms with Gasteiger partial charge in [0.05, 0.1) is 5.54 Å². The van der Waals surface area contributed by atoms with Crippen molar-refractivity contribution in [3.63, 3.8) is 0 Å². The molecule has 0 unspecified atom stereocenters. The van der Waals surface area contributed by atoms with E-state index >= 15 is 0 Å². The van der Waals surface area contributed by atoms with E-state index in [1.54, 1.807) is 6.07 Å². The Balaban J connectivity index is 1.90. The van der Waals surface area contributed by atoms with Crippen molar-refractivity contribution in [1.29, 1.82) is 0 Å². The van der Waals surface area contributed by atoms with E-state index in [1.165, 1.54) is 18.2 Å². The normalized spacial score (nSPS) is 16.6. The Hall–Kier alpha value is -1.76. The molecule has 7 heteroatoms. The van der Waals surface area contributed by atoms with Crippen LogP contribution in [-0.2, 0) is 11.2 Å². The number of halogens is 3. The molecule has 0 heterocycles. The van der Waals surface area contributed by atoms with Crippen molar-refractivity contribution < 1.29 is 22.7 Å². The molecule has 1 amide bonds. The van der Waals surface area contributed by atoms with Gasteiger partial charge in [0.2, 0.25) is 5.91 Å². The van der Waals surface area contributed by atoms with Crippen LogP contribution < -0.4 is 15.8 Å². The molecule has 1 aromatic carbocycles. The third-order valence-corrected chi connectivity index (χ3v) is 3.12. The molecule has 0 aliphatic heterocycles. The smallest absolute Gasteiger partial charge is 0.406 e. The van der Waals surface area contributed by atoms with Gasteiger partial charge in [0.15, 0.2) is 0 Å². The van der Waals surface area contributed by atoms with Crippen LogP contribution in [0.4, 0.5) is 13.2 Å². The zero-order valence-corrected chi connectivity index (χ0v) is 10.7. The van der Waals surface area contributed by atoms with Crippen molar-refractivity contribution in [1.82, 2.24) is 5.32 Å². The maximum absolute atomic E-state index is 12.2. The van der Waals surface area contributed by atoms with Crippen molar-refractivity contribution in [3.8, 4) is 5.75 Å². The van der Waals surface area contributed by atoms with Crippen LogP contribution in [0.1, 0.15) is 18.4 Å². The van der Waals surface area contributed by atoms with Crippen molar-refractivity contribution in [2.24, 2.45) is 5.73 Å². The second-order valence-electron chi connectivity index (χ2n) is 4.82. The lowest BCUT2D eigenvalue weighted by atomic mass is 10.1. The Morgan fingerprint density at radius 3 is 2.60 bits per heavy atom. The highest BCUT2D eigenvalue weighted by atomic mass is 19.4. The summed E-state index contributed by atoms with van der Waals surface area (Å²) in [6, 6.07) is 5.85. The predicted molar refractivity (Wildman–Crippen MR) is 66.0 cm³/mol. The molecule has 0 atom stereocenters. The average Bonchev–Trinajstić information content (AvgIpc) is 3.09. The Kier molecular flexibility index (Phi) is 3.89. The topological polar surface area (TPSA) is 64.4 Å². The number of rotatable bonds is 5. The number of nitrogens with two attached hydrogens (primary N) is 1. The maximum Gasteiger partial charge on any atom is 0.573 e. The summed E-state index contributed by atoms with van der Waals surface area (Å²) >= 11 is 0. The number of nitrogens with one attached hydrogen (secondary N) is 1. The highest BCUT2D eigenvalue weighted by molar-refractivity contribution is 5.88. The van der Waals surface area contributed by atoms with Crippen molar-refractivity contribution in [2.45, 2.75) is 31.2 Å². The summed E-state index contributed by atoms with van der Waals surface area (Å²) in [5.74, 6) is -0.505. The molecule has 20 heavy (non-hydrogen) atoms. The molecule has 110 valence electrons. The number of ether oxygens (including phenoxy) is 1. The van der Waals surface area contributed by atoms with Gasteiger partial charge in [0, 0.05) is 6.54 Å².